The summed E-state index contributed by atoms with van der Waals surface area (Å²) in [6, 6.07) is 64.3. The minimum Gasteiger partial charge on any atom is -0.455 e. The maximum Gasteiger partial charge on any atom is 0.160 e. The van der Waals surface area contributed by atoms with Crippen molar-refractivity contribution in [2.75, 3.05) is 0 Å². The van der Waals surface area contributed by atoms with Gasteiger partial charge in [-0.1, -0.05) is 158 Å². The molecule has 10 rings (SSSR count). The predicted octanol–water partition coefficient (Wildman–Crippen LogP) is 11.7. The van der Waals surface area contributed by atoms with Gasteiger partial charge in [0, 0.05) is 27.5 Å². The van der Waals surface area contributed by atoms with Crippen molar-refractivity contribution in [2.45, 2.75) is 5.41 Å². The largest absolute Gasteiger partial charge is 0.455 e. The Kier molecular flexibility index (Phi) is 6.40. The molecule has 7 aromatic carbocycles. The highest BCUT2D eigenvalue weighted by Gasteiger charge is 2.46. The molecular formula is C47H30N2O. The summed E-state index contributed by atoms with van der Waals surface area (Å²) in [5.74, 6) is 0.676. The fraction of sp³-hybridized carbons (Fsp3) is 0.0213. The Balaban J connectivity index is 1.22. The first-order valence-electron chi connectivity index (χ1n) is 17.0. The summed E-state index contributed by atoms with van der Waals surface area (Å²) in [6.07, 6.45) is 0. The van der Waals surface area contributed by atoms with Gasteiger partial charge in [0.25, 0.3) is 0 Å². The number of furan rings is 1. The summed E-state index contributed by atoms with van der Waals surface area (Å²) in [5, 5.41) is 2.17. The standard InChI is InChI=1S/C47H30N2O/c1-4-15-31(16-5-1)46-48-42(30-43(49-46)38-24-14-23-37-36-22-11-13-26-44(36)50-45(37)38)32-27-28-41-39(29-32)35-21-10-12-25-40(35)47(41,33-17-6-2-7-18-33)34-19-8-3-9-20-34/h1-30H. The number of hydrogen-bond acceptors (Lipinski definition) is 3. The van der Waals surface area contributed by atoms with Crippen LogP contribution < -0.4 is 0 Å². The van der Waals surface area contributed by atoms with Gasteiger partial charge in [0.05, 0.1) is 16.8 Å². The van der Waals surface area contributed by atoms with Gasteiger partial charge in [-0.2, -0.15) is 0 Å². The fourth-order valence-electron chi connectivity index (χ4n) is 8.01. The van der Waals surface area contributed by atoms with Crippen molar-refractivity contribution in [1.82, 2.24) is 9.97 Å². The lowest BCUT2D eigenvalue weighted by Crippen LogP contribution is -2.28. The molecule has 0 radical (unpaired) electrons. The summed E-state index contributed by atoms with van der Waals surface area (Å²) in [5.41, 5.74) is 13.4. The Morgan fingerprint density at radius 3 is 1.78 bits per heavy atom. The number of hydrogen-bond donors (Lipinski definition) is 0. The molecule has 234 valence electrons. The number of fused-ring (bicyclic) bond motifs is 6. The Bertz CT molecular complexity index is 2660. The Morgan fingerprint density at radius 1 is 0.400 bits per heavy atom. The van der Waals surface area contributed by atoms with E-state index in [0.29, 0.717) is 5.82 Å². The van der Waals surface area contributed by atoms with E-state index in [1.165, 1.54) is 33.4 Å². The van der Waals surface area contributed by atoms with E-state index in [4.69, 9.17) is 14.4 Å². The van der Waals surface area contributed by atoms with E-state index >= 15 is 0 Å². The summed E-state index contributed by atoms with van der Waals surface area (Å²) >= 11 is 0. The van der Waals surface area contributed by atoms with Crippen LogP contribution in [0.4, 0.5) is 0 Å². The number of nitrogens with zero attached hydrogens (tertiary/aromatic N) is 2. The minimum atomic E-state index is -0.448. The normalized spacial score (nSPS) is 13.0. The first-order chi connectivity index (χ1) is 24.8. The first-order valence-corrected chi connectivity index (χ1v) is 17.0. The predicted molar refractivity (Wildman–Crippen MR) is 203 cm³/mol. The topological polar surface area (TPSA) is 38.9 Å². The van der Waals surface area contributed by atoms with Crippen LogP contribution in [0, 0.1) is 0 Å². The monoisotopic (exact) mass is 638 g/mol. The first kappa shape index (κ1) is 28.4. The van der Waals surface area contributed by atoms with Crippen LogP contribution in [0.1, 0.15) is 22.3 Å². The van der Waals surface area contributed by atoms with Gasteiger partial charge in [0.1, 0.15) is 11.2 Å². The molecule has 0 saturated carbocycles. The lowest BCUT2D eigenvalue weighted by atomic mass is 9.67. The Labute approximate surface area is 290 Å². The number of aromatic nitrogens is 2. The fourth-order valence-corrected chi connectivity index (χ4v) is 8.01. The highest BCUT2D eigenvalue weighted by molar-refractivity contribution is 6.09. The molecule has 1 aliphatic carbocycles. The molecule has 0 amide bonds. The molecule has 0 N–H and O–H groups in total. The van der Waals surface area contributed by atoms with Crippen molar-refractivity contribution in [3.63, 3.8) is 0 Å². The molecule has 0 saturated heterocycles. The van der Waals surface area contributed by atoms with E-state index in [0.717, 1.165) is 50.0 Å². The lowest BCUT2D eigenvalue weighted by Gasteiger charge is -2.33. The second kappa shape index (κ2) is 11.3. The number of para-hydroxylation sites is 2. The van der Waals surface area contributed by atoms with Gasteiger partial charge in [-0.15, -0.1) is 0 Å². The quantitative estimate of drug-likeness (QED) is 0.188. The number of rotatable bonds is 5. The van der Waals surface area contributed by atoms with E-state index in [1.54, 1.807) is 0 Å². The molecule has 9 aromatic rings. The molecule has 0 bridgehead atoms. The van der Waals surface area contributed by atoms with Crippen molar-refractivity contribution >= 4 is 21.9 Å². The van der Waals surface area contributed by atoms with Crippen molar-refractivity contribution in [3.8, 4) is 45.0 Å². The molecule has 3 heteroatoms. The maximum atomic E-state index is 6.48. The maximum absolute atomic E-state index is 6.48. The molecular weight excluding hydrogens is 609 g/mol. The third-order valence-electron chi connectivity index (χ3n) is 10.2. The Morgan fingerprint density at radius 2 is 1.00 bits per heavy atom. The van der Waals surface area contributed by atoms with Crippen molar-refractivity contribution in [3.05, 3.63) is 204 Å². The molecule has 2 heterocycles. The summed E-state index contributed by atoms with van der Waals surface area (Å²) in [7, 11) is 0. The molecule has 0 atom stereocenters. The van der Waals surface area contributed by atoms with Crippen molar-refractivity contribution in [1.29, 1.82) is 0 Å². The number of benzene rings is 7. The lowest BCUT2D eigenvalue weighted by molar-refractivity contribution is 0.670. The highest BCUT2D eigenvalue weighted by atomic mass is 16.3. The van der Waals surface area contributed by atoms with Gasteiger partial charge in [0.15, 0.2) is 5.82 Å². The summed E-state index contributed by atoms with van der Waals surface area (Å²) < 4.78 is 6.48. The van der Waals surface area contributed by atoms with Gasteiger partial charge in [-0.25, -0.2) is 9.97 Å². The molecule has 0 unspecified atom stereocenters. The van der Waals surface area contributed by atoms with Gasteiger partial charge < -0.3 is 4.42 Å². The van der Waals surface area contributed by atoms with E-state index in [1.807, 2.05) is 30.3 Å². The zero-order valence-electron chi connectivity index (χ0n) is 27.1. The van der Waals surface area contributed by atoms with Crippen LogP contribution in [0.15, 0.2) is 186 Å². The van der Waals surface area contributed by atoms with Crippen molar-refractivity contribution < 1.29 is 4.42 Å². The van der Waals surface area contributed by atoms with Crippen LogP contribution >= 0.6 is 0 Å². The second-order valence-corrected chi connectivity index (χ2v) is 12.9. The zero-order chi connectivity index (χ0) is 33.1. The molecule has 50 heavy (non-hydrogen) atoms. The molecule has 0 fully saturated rings. The van der Waals surface area contributed by atoms with E-state index in [2.05, 4.69) is 152 Å². The van der Waals surface area contributed by atoms with E-state index in [9.17, 15) is 0 Å². The summed E-state index contributed by atoms with van der Waals surface area (Å²) in [4.78, 5) is 10.4. The van der Waals surface area contributed by atoms with Crippen LogP contribution in [-0.4, -0.2) is 9.97 Å². The minimum absolute atomic E-state index is 0.448. The van der Waals surface area contributed by atoms with Crippen LogP contribution in [-0.2, 0) is 5.41 Å². The SMILES string of the molecule is c1ccc(-c2nc(-c3ccc4c(c3)-c3ccccc3C4(c3ccccc3)c3ccccc3)cc(-c3cccc4c3oc3ccccc34)n2)cc1. The van der Waals surface area contributed by atoms with Crippen LogP contribution in [0.2, 0.25) is 0 Å². The Hall–Kier alpha value is -6.58. The molecule has 2 aromatic heterocycles. The van der Waals surface area contributed by atoms with E-state index in [-0.39, 0.29) is 0 Å². The van der Waals surface area contributed by atoms with E-state index < -0.39 is 5.41 Å². The van der Waals surface area contributed by atoms with Crippen LogP contribution in [0.25, 0.3) is 67.0 Å². The average molecular weight is 639 g/mol. The summed E-state index contributed by atoms with van der Waals surface area (Å²) in [6.45, 7) is 0. The smallest absolute Gasteiger partial charge is 0.160 e. The van der Waals surface area contributed by atoms with Gasteiger partial charge in [0.2, 0.25) is 0 Å². The van der Waals surface area contributed by atoms with Gasteiger partial charge in [-0.05, 0) is 57.6 Å². The zero-order valence-corrected chi connectivity index (χ0v) is 27.1. The molecule has 3 nitrogen and oxygen atoms in total. The highest BCUT2D eigenvalue weighted by Crippen LogP contribution is 2.56. The third kappa shape index (κ3) is 4.23. The molecule has 0 spiro atoms. The van der Waals surface area contributed by atoms with Gasteiger partial charge >= 0.3 is 0 Å². The van der Waals surface area contributed by atoms with Crippen LogP contribution in [0.3, 0.4) is 0 Å². The average Bonchev–Trinajstić information content (AvgIpc) is 3.73. The second-order valence-electron chi connectivity index (χ2n) is 12.9. The van der Waals surface area contributed by atoms with Gasteiger partial charge in [-0.3, -0.25) is 0 Å². The third-order valence-corrected chi connectivity index (χ3v) is 10.2. The van der Waals surface area contributed by atoms with Crippen molar-refractivity contribution in [2.24, 2.45) is 0 Å². The molecule has 1 aliphatic rings. The van der Waals surface area contributed by atoms with Crippen LogP contribution in [0.5, 0.6) is 0 Å². The molecule has 0 aliphatic heterocycles.